The molecule has 6 aromatic carbocycles. The minimum atomic E-state index is -2.04. The molecule has 0 amide bonds. The van der Waals surface area contributed by atoms with Crippen LogP contribution >= 0.6 is 0 Å². The second kappa shape index (κ2) is 11.5. The highest BCUT2D eigenvalue weighted by Gasteiger charge is 2.33. The third kappa shape index (κ3) is 5.06. The van der Waals surface area contributed by atoms with Gasteiger partial charge in [-0.3, -0.25) is 9.97 Å². The van der Waals surface area contributed by atoms with Gasteiger partial charge in [0, 0.05) is 12.4 Å². The maximum atomic E-state index is 4.74. The number of nitrogens with zero attached hydrogens (tertiary/aromatic N) is 2. The van der Waals surface area contributed by atoms with E-state index in [4.69, 9.17) is 4.98 Å². The molecule has 0 atom stereocenters. The molecule has 0 aliphatic heterocycles. The quantitative estimate of drug-likeness (QED) is 0.182. The molecule has 0 radical (unpaired) electrons. The van der Waals surface area contributed by atoms with Gasteiger partial charge in [0.25, 0.3) is 0 Å². The second-order valence-electron chi connectivity index (χ2n) is 12.2. The van der Waals surface area contributed by atoms with Crippen LogP contribution in [0.2, 0.25) is 19.6 Å². The van der Waals surface area contributed by atoms with Gasteiger partial charge in [-0.2, -0.15) is 0 Å². The van der Waals surface area contributed by atoms with Crippen molar-refractivity contribution in [3.63, 3.8) is 0 Å². The van der Waals surface area contributed by atoms with Gasteiger partial charge in [0.2, 0.25) is 0 Å². The molecule has 3 heteroatoms. The molecule has 2 nitrogen and oxygen atoms in total. The van der Waals surface area contributed by atoms with Crippen molar-refractivity contribution < 1.29 is 0 Å². The van der Waals surface area contributed by atoms with Crippen LogP contribution in [0.1, 0.15) is 0 Å². The average Bonchev–Trinajstić information content (AvgIpc) is 3.08. The van der Waals surface area contributed by atoms with Crippen LogP contribution < -0.4 is 5.19 Å². The molecule has 1 heterocycles. The third-order valence-corrected chi connectivity index (χ3v) is 10.3. The van der Waals surface area contributed by atoms with Gasteiger partial charge in [-0.05, 0) is 73.0 Å². The summed E-state index contributed by atoms with van der Waals surface area (Å²) in [7, 11) is -2.04. The van der Waals surface area contributed by atoms with Crippen LogP contribution in [0.3, 0.4) is 0 Å². The van der Waals surface area contributed by atoms with E-state index in [2.05, 4.69) is 164 Å². The number of aromatic nitrogens is 2. The fraction of sp³-hybridized carbons (Fsp3) is 0.0732. The molecule has 0 saturated heterocycles. The Hall–Kier alpha value is -5.12. The lowest BCUT2D eigenvalue weighted by molar-refractivity contribution is 1.29. The summed E-state index contributed by atoms with van der Waals surface area (Å²) in [5.74, 6) is 0. The predicted molar refractivity (Wildman–Crippen MR) is 190 cm³/mol. The van der Waals surface area contributed by atoms with Crippen molar-refractivity contribution in [2.24, 2.45) is 0 Å². The summed E-state index contributed by atoms with van der Waals surface area (Å²) in [6.45, 7) is 7.43. The fourth-order valence-corrected chi connectivity index (χ4v) is 8.52. The Morgan fingerprint density at radius 3 is 1.16 bits per heavy atom. The Morgan fingerprint density at radius 1 is 0.364 bits per heavy atom. The van der Waals surface area contributed by atoms with Crippen molar-refractivity contribution in [3.8, 4) is 55.6 Å². The van der Waals surface area contributed by atoms with E-state index in [1.165, 1.54) is 60.8 Å². The van der Waals surface area contributed by atoms with Gasteiger partial charge >= 0.3 is 0 Å². The van der Waals surface area contributed by atoms with E-state index in [9.17, 15) is 0 Å². The maximum absolute atomic E-state index is 4.74. The Morgan fingerprint density at radius 2 is 0.727 bits per heavy atom. The first-order valence-electron chi connectivity index (χ1n) is 15.2. The molecule has 0 bridgehead atoms. The van der Waals surface area contributed by atoms with Crippen LogP contribution in [0.15, 0.2) is 152 Å². The zero-order valence-corrected chi connectivity index (χ0v) is 26.3. The van der Waals surface area contributed by atoms with Gasteiger partial charge in [0.1, 0.15) is 0 Å². The van der Waals surface area contributed by atoms with E-state index in [0.717, 1.165) is 11.0 Å². The third-order valence-electron chi connectivity index (χ3n) is 8.26. The van der Waals surface area contributed by atoms with Crippen molar-refractivity contribution in [2.75, 3.05) is 0 Å². The van der Waals surface area contributed by atoms with Crippen LogP contribution in [0.4, 0.5) is 0 Å². The molecule has 44 heavy (non-hydrogen) atoms. The normalized spacial score (nSPS) is 11.5. The van der Waals surface area contributed by atoms with Crippen molar-refractivity contribution in [1.29, 1.82) is 0 Å². The number of fused-ring (bicyclic) bond motifs is 1. The van der Waals surface area contributed by atoms with Crippen molar-refractivity contribution in [3.05, 3.63) is 152 Å². The van der Waals surface area contributed by atoms with Crippen molar-refractivity contribution in [2.45, 2.75) is 19.6 Å². The lowest BCUT2D eigenvalue weighted by Crippen LogP contribution is -2.41. The smallest absolute Gasteiger partial charge is 0.0892 e. The second-order valence-corrected chi connectivity index (χ2v) is 17.2. The van der Waals surface area contributed by atoms with Crippen LogP contribution in [0.5, 0.6) is 0 Å². The van der Waals surface area contributed by atoms with E-state index < -0.39 is 8.07 Å². The Labute approximate surface area is 260 Å². The minimum Gasteiger partial charge on any atom is -0.253 e. The topological polar surface area (TPSA) is 25.8 Å². The lowest BCUT2D eigenvalue weighted by Gasteiger charge is -2.33. The average molecular weight is 583 g/mol. The molecular weight excluding hydrogens is 549 g/mol. The zero-order valence-electron chi connectivity index (χ0n) is 25.3. The van der Waals surface area contributed by atoms with E-state index >= 15 is 0 Å². The lowest BCUT2D eigenvalue weighted by atomic mass is 9.78. The highest BCUT2D eigenvalue weighted by molar-refractivity contribution is 6.91. The van der Waals surface area contributed by atoms with Crippen LogP contribution in [-0.2, 0) is 0 Å². The van der Waals surface area contributed by atoms with E-state index in [1.807, 2.05) is 0 Å². The summed E-state index contributed by atoms with van der Waals surface area (Å²) in [5.41, 5.74) is 14.2. The highest BCUT2D eigenvalue weighted by Crippen LogP contribution is 2.50. The minimum absolute atomic E-state index is 0.902. The monoisotopic (exact) mass is 582 g/mol. The Balaban J connectivity index is 1.79. The molecule has 0 aliphatic rings. The highest BCUT2D eigenvalue weighted by atomic mass is 28.3. The van der Waals surface area contributed by atoms with Crippen LogP contribution in [-0.4, -0.2) is 18.0 Å². The molecule has 0 unspecified atom stereocenters. The summed E-state index contributed by atoms with van der Waals surface area (Å²) >= 11 is 0. The summed E-state index contributed by atoms with van der Waals surface area (Å²) < 4.78 is 0. The largest absolute Gasteiger partial charge is 0.253 e. The molecule has 7 aromatic rings. The number of hydrogen-bond acceptors (Lipinski definition) is 2. The summed E-state index contributed by atoms with van der Waals surface area (Å²) in [4.78, 5) is 9.33. The predicted octanol–water partition coefficient (Wildman–Crippen LogP) is 10.5. The summed E-state index contributed by atoms with van der Waals surface area (Å²) in [5, 5.41) is 1.45. The summed E-state index contributed by atoms with van der Waals surface area (Å²) in [6, 6.07) is 50.4. The molecule has 7 rings (SSSR count). The first kappa shape index (κ1) is 27.7. The molecule has 0 saturated carbocycles. The fourth-order valence-electron chi connectivity index (χ4n) is 6.48. The molecule has 0 fully saturated rings. The summed E-state index contributed by atoms with van der Waals surface area (Å²) in [6.07, 6.45) is 3.55. The maximum Gasteiger partial charge on any atom is 0.0892 e. The zero-order chi connectivity index (χ0) is 30.1. The van der Waals surface area contributed by atoms with E-state index in [0.29, 0.717) is 0 Å². The van der Waals surface area contributed by atoms with Crippen molar-refractivity contribution >= 4 is 24.3 Å². The van der Waals surface area contributed by atoms with Gasteiger partial charge in [-0.25, -0.2) is 0 Å². The van der Waals surface area contributed by atoms with Crippen molar-refractivity contribution in [1.82, 2.24) is 9.97 Å². The Bertz CT molecular complexity index is 2070. The molecule has 212 valence electrons. The molecule has 0 spiro atoms. The molecule has 0 N–H and O–H groups in total. The van der Waals surface area contributed by atoms with Gasteiger partial charge in [0.05, 0.1) is 19.1 Å². The number of hydrogen-bond donors (Lipinski definition) is 0. The molecular formula is C41H34N2Si. The first-order valence-corrected chi connectivity index (χ1v) is 18.7. The molecule has 0 aliphatic carbocycles. The standard InChI is InChI=1S/C41H34N2Si/c1-44(2,3)41-39(32-22-14-7-15-23-32)37(30-18-10-5-11-19-30)36(29-16-8-4-9-17-29)38(31-20-12-6-13-21-31)40(41)33-24-25-34-35(28-33)43-27-26-42-34/h4-28H,1-3H3. The van der Waals surface area contributed by atoms with E-state index in [-0.39, 0.29) is 0 Å². The van der Waals surface area contributed by atoms with E-state index in [1.54, 1.807) is 12.4 Å². The number of rotatable bonds is 6. The van der Waals surface area contributed by atoms with Crippen LogP contribution in [0, 0.1) is 0 Å². The van der Waals surface area contributed by atoms with Gasteiger partial charge in [-0.1, -0.05) is 147 Å². The van der Waals surface area contributed by atoms with Crippen LogP contribution in [0.25, 0.3) is 66.7 Å². The Kier molecular flexibility index (Phi) is 7.25. The number of benzene rings is 6. The molecule has 1 aromatic heterocycles. The van der Waals surface area contributed by atoms with Gasteiger partial charge < -0.3 is 0 Å². The SMILES string of the molecule is C[Si](C)(C)c1c(-c2ccccc2)c(-c2ccccc2)c(-c2ccccc2)c(-c2ccccc2)c1-c1ccc2nccnc2c1. The van der Waals surface area contributed by atoms with Gasteiger partial charge in [-0.15, -0.1) is 0 Å². The first-order chi connectivity index (χ1) is 21.5. The van der Waals surface area contributed by atoms with Gasteiger partial charge in [0.15, 0.2) is 0 Å².